The van der Waals surface area contributed by atoms with E-state index in [0.717, 1.165) is 11.3 Å². The first-order chi connectivity index (χ1) is 19.6. The van der Waals surface area contributed by atoms with E-state index in [1.807, 2.05) is 45.0 Å². The molecule has 0 aliphatic carbocycles. The van der Waals surface area contributed by atoms with Crippen LogP contribution < -0.4 is 35.5 Å². The molecule has 0 aliphatic heterocycles. The van der Waals surface area contributed by atoms with Crippen molar-refractivity contribution in [3.8, 4) is 17.2 Å². The molecule has 0 spiro atoms. The van der Waals surface area contributed by atoms with Crippen molar-refractivity contribution in [3.63, 3.8) is 0 Å². The second kappa shape index (κ2) is 16.7. The number of ether oxygens (including phenoxy) is 3. The Labute approximate surface area is 241 Å². The minimum Gasteiger partial charge on any atom is -0.497 e. The molecule has 224 valence electrons. The third kappa shape index (κ3) is 11.0. The molecule has 0 aliphatic rings. The first-order valence-electron chi connectivity index (χ1n) is 13.7. The maximum Gasteiger partial charge on any atom is 0.315 e. The molecule has 11 nitrogen and oxygen atoms in total. The van der Waals surface area contributed by atoms with Crippen molar-refractivity contribution < 1.29 is 33.4 Å². The van der Waals surface area contributed by atoms with E-state index in [2.05, 4.69) is 21.3 Å². The molecular weight excluding hydrogens is 528 g/mol. The summed E-state index contributed by atoms with van der Waals surface area (Å²) in [4.78, 5) is 51.3. The van der Waals surface area contributed by atoms with Crippen molar-refractivity contribution in [1.82, 2.24) is 21.3 Å². The summed E-state index contributed by atoms with van der Waals surface area (Å²) in [5.74, 6) is -0.240. The van der Waals surface area contributed by atoms with E-state index in [4.69, 9.17) is 14.2 Å². The van der Waals surface area contributed by atoms with E-state index >= 15 is 0 Å². The Bertz CT molecular complexity index is 1150. The number of carbonyl (C=O) groups excluding carboxylic acids is 4. The molecule has 2 rings (SSSR count). The number of ketones is 1. The Hall–Kier alpha value is -4.28. The van der Waals surface area contributed by atoms with Crippen molar-refractivity contribution in [1.29, 1.82) is 0 Å². The molecule has 4 N–H and O–H groups in total. The van der Waals surface area contributed by atoms with Gasteiger partial charge in [0.05, 0.1) is 26.9 Å². The number of carbonyl (C=O) groups is 4. The summed E-state index contributed by atoms with van der Waals surface area (Å²) >= 11 is 0. The minimum atomic E-state index is -1.05. The smallest absolute Gasteiger partial charge is 0.315 e. The highest BCUT2D eigenvalue weighted by atomic mass is 16.5. The van der Waals surface area contributed by atoms with Crippen LogP contribution in [0.25, 0.3) is 0 Å². The van der Waals surface area contributed by atoms with Gasteiger partial charge < -0.3 is 35.5 Å². The number of Topliss-reactive ketones (excluding diaryl/α,β-unsaturated/α-hetero) is 1. The molecule has 2 aromatic carbocycles. The largest absolute Gasteiger partial charge is 0.497 e. The predicted octanol–water partition coefficient (Wildman–Crippen LogP) is 3.10. The Morgan fingerprint density at radius 2 is 1.37 bits per heavy atom. The van der Waals surface area contributed by atoms with Crippen LogP contribution in [-0.2, 0) is 27.5 Å². The van der Waals surface area contributed by atoms with Crippen LogP contribution >= 0.6 is 0 Å². The zero-order valence-corrected chi connectivity index (χ0v) is 24.7. The average Bonchev–Trinajstić information content (AvgIpc) is 2.97. The first kappa shape index (κ1) is 32.9. The zero-order chi connectivity index (χ0) is 30.4. The zero-order valence-electron chi connectivity index (χ0n) is 24.7. The fourth-order valence-corrected chi connectivity index (χ4v) is 3.99. The van der Waals surface area contributed by atoms with Gasteiger partial charge in [-0.15, -0.1) is 0 Å². The van der Waals surface area contributed by atoms with Gasteiger partial charge in [-0.1, -0.05) is 32.9 Å². The molecule has 0 aromatic heterocycles. The maximum absolute atomic E-state index is 13.1. The van der Waals surface area contributed by atoms with E-state index in [1.54, 1.807) is 25.1 Å². The number of amides is 4. The van der Waals surface area contributed by atoms with Crippen molar-refractivity contribution in [2.45, 2.75) is 65.7 Å². The standard InChI is InChI=1S/C30H42N4O7/c1-7-25(27(35)29(37)31-18-21-14-23(39-5)16-24(15-21)40-6)33-28(36)26(13-19(3)4)34-30(38)32-17-20-9-11-22(12-10-20)41-8-2/h9-12,14-16,19,25-26H,7-8,13,17-18H2,1-6H3,(H,31,37)(H,33,36)(H2,32,34,38)/t25?,26-/m0/s1. The molecule has 4 amide bonds. The van der Waals surface area contributed by atoms with Gasteiger partial charge in [-0.2, -0.15) is 0 Å². The molecule has 41 heavy (non-hydrogen) atoms. The van der Waals surface area contributed by atoms with Crippen LogP contribution in [0.4, 0.5) is 4.79 Å². The Morgan fingerprint density at radius 3 is 1.90 bits per heavy atom. The van der Waals surface area contributed by atoms with Gasteiger partial charge in [0.25, 0.3) is 5.91 Å². The van der Waals surface area contributed by atoms with Gasteiger partial charge >= 0.3 is 6.03 Å². The number of benzene rings is 2. The van der Waals surface area contributed by atoms with Gasteiger partial charge in [0.1, 0.15) is 23.3 Å². The highest BCUT2D eigenvalue weighted by Crippen LogP contribution is 2.22. The van der Waals surface area contributed by atoms with Crippen LogP contribution in [0.15, 0.2) is 42.5 Å². The summed E-state index contributed by atoms with van der Waals surface area (Å²) in [7, 11) is 3.03. The van der Waals surface area contributed by atoms with Crippen molar-refractivity contribution >= 4 is 23.6 Å². The molecule has 0 saturated carbocycles. The summed E-state index contributed by atoms with van der Waals surface area (Å²) in [6.07, 6.45) is 0.542. The molecule has 0 bridgehead atoms. The summed E-state index contributed by atoms with van der Waals surface area (Å²) in [5.41, 5.74) is 1.54. The third-order valence-corrected chi connectivity index (χ3v) is 6.15. The normalized spacial score (nSPS) is 12.1. The van der Waals surface area contributed by atoms with E-state index in [0.29, 0.717) is 30.1 Å². The fraction of sp³-hybridized carbons (Fsp3) is 0.467. The second-order valence-electron chi connectivity index (χ2n) is 9.82. The Kier molecular flexibility index (Phi) is 13.4. The van der Waals surface area contributed by atoms with E-state index in [-0.39, 0.29) is 25.4 Å². The quantitative estimate of drug-likeness (QED) is 0.227. The monoisotopic (exact) mass is 570 g/mol. The van der Waals surface area contributed by atoms with Crippen LogP contribution in [0.1, 0.15) is 51.7 Å². The summed E-state index contributed by atoms with van der Waals surface area (Å²) in [5, 5.41) is 10.7. The lowest BCUT2D eigenvalue weighted by atomic mass is 10.0. The lowest BCUT2D eigenvalue weighted by molar-refractivity contribution is -0.140. The van der Waals surface area contributed by atoms with Gasteiger partial charge in [0.15, 0.2) is 0 Å². The SMILES string of the molecule is CCOc1ccc(CNC(=O)N[C@@H](CC(C)C)C(=O)NC(CC)C(=O)C(=O)NCc2cc(OC)cc(OC)c2)cc1. The van der Waals surface area contributed by atoms with E-state index < -0.39 is 35.7 Å². The maximum atomic E-state index is 13.1. The average molecular weight is 571 g/mol. The molecule has 0 radical (unpaired) electrons. The van der Waals surface area contributed by atoms with Crippen molar-refractivity contribution in [2.75, 3.05) is 20.8 Å². The van der Waals surface area contributed by atoms with Gasteiger partial charge in [0, 0.05) is 19.2 Å². The topological polar surface area (TPSA) is 144 Å². The molecule has 0 saturated heterocycles. The Morgan fingerprint density at radius 1 is 0.756 bits per heavy atom. The third-order valence-electron chi connectivity index (χ3n) is 6.15. The molecule has 0 fully saturated rings. The highest BCUT2D eigenvalue weighted by molar-refractivity contribution is 6.38. The van der Waals surface area contributed by atoms with Crippen LogP contribution in [0.5, 0.6) is 17.2 Å². The molecule has 2 aromatic rings. The van der Waals surface area contributed by atoms with Crippen LogP contribution in [0, 0.1) is 5.92 Å². The lowest BCUT2D eigenvalue weighted by Gasteiger charge is -2.23. The number of urea groups is 1. The van der Waals surface area contributed by atoms with Gasteiger partial charge in [-0.25, -0.2) is 4.79 Å². The lowest BCUT2D eigenvalue weighted by Crippen LogP contribution is -2.55. The number of rotatable bonds is 16. The van der Waals surface area contributed by atoms with Crippen LogP contribution in [0.2, 0.25) is 0 Å². The van der Waals surface area contributed by atoms with Crippen molar-refractivity contribution in [2.24, 2.45) is 5.92 Å². The van der Waals surface area contributed by atoms with Gasteiger partial charge in [-0.05, 0) is 61.1 Å². The van der Waals surface area contributed by atoms with Crippen molar-refractivity contribution in [3.05, 3.63) is 53.6 Å². The number of methoxy groups -OCH3 is 2. The number of hydrogen-bond acceptors (Lipinski definition) is 7. The Balaban J connectivity index is 1.96. The minimum absolute atomic E-state index is 0.0641. The molecule has 1 unspecified atom stereocenters. The number of nitrogens with one attached hydrogen (secondary N) is 4. The van der Waals surface area contributed by atoms with Crippen LogP contribution in [0.3, 0.4) is 0 Å². The number of hydrogen-bond donors (Lipinski definition) is 4. The van der Waals surface area contributed by atoms with Gasteiger partial charge in [-0.3, -0.25) is 14.4 Å². The van der Waals surface area contributed by atoms with E-state index in [9.17, 15) is 19.2 Å². The first-order valence-corrected chi connectivity index (χ1v) is 13.7. The van der Waals surface area contributed by atoms with Crippen LogP contribution in [-0.4, -0.2) is 56.5 Å². The molecule has 0 heterocycles. The van der Waals surface area contributed by atoms with E-state index in [1.165, 1.54) is 14.2 Å². The molecule has 2 atom stereocenters. The highest BCUT2D eigenvalue weighted by Gasteiger charge is 2.29. The molecular formula is C30H42N4O7. The molecule has 11 heteroatoms. The summed E-state index contributed by atoms with van der Waals surface area (Å²) in [6.45, 7) is 8.31. The fourth-order valence-electron chi connectivity index (χ4n) is 3.99. The predicted molar refractivity (Wildman–Crippen MR) is 155 cm³/mol. The van der Waals surface area contributed by atoms with Gasteiger partial charge in [0.2, 0.25) is 11.7 Å². The second-order valence-corrected chi connectivity index (χ2v) is 9.82. The summed E-state index contributed by atoms with van der Waals surface area (Å²) < 4.78 is 15.9. The summed E-state index contributed by atoms with van der Waals surface area (Å²) in [6, 6.07) is 9.98.